The van der Waals surface area contributed by atoms with Crippen molar-refractivity contribution < 1.29 is 23.8 Å². The molecule has 6 nitrogen and oxygen atoms in total. The molecule has 0 atom stereocenters. The normalized spacial score (nSPS) is 9.91. The molecule has 0 radical (unpaired) electrons. The maximum atomic E-state index is 11.8. The third-order valence-corrected chi connectivity index (χ3v) is 3.67. The first-order chi connectivity index (χ1) is 10.6. The van der Waals surface area contributed by atoms with Gasteiger partial charge in [-0.05, 0) is 36.4 Å². The fourth-order valence-electron chi connectivity index (χ4n) is 1.61. The standard InChI is InChI=1S/C15H15NO5S/c1-19-10-3-5-11(6-4-10)21-9-13(17)16-14-8-7-12(22-14)15(18)20-2/h3-8H,9H2,1-2H3,(H,16,17). The van der Waals surface area contributed by atoms with E-state index in [4.69, 9.17) is 9.47 Å². The lowest BCUT2D eigenvalue weighted by Crippen LogP contribution is -2.19. The summed E-state index contributed by atoms with van der Waals surface area (Å²) in [5.74, 6) is 0.539. The van der Waals surface area contributed by atoms with Crippen molar-refractivity contribution in [2.45, 2.75) is 0 Å². The Morgan fingerprint density at radius 3 is 2.36 bits per heavy atom. The Labute approximate surface area is 131 Å². The Balaban J connectivity index is 1.84. The zero-order chi connectivity index (χ0) is 15.9. The van der Waals surface area contributed by atoms with Crippen LogP contribution in [0.1, 0.15) is 9.67 Å². The van der Waals surface area contributed by atoms with Gasteiger partial charge < -0.3 is 19.5 Å². The molecule has 22 heavy (non-hydrogen) atoms. The Morgan fingerprint density at radius 1 is 1.05 bits per heavy atom. The number of hydrogen-bond acceptors (Lipinski definition) is 6. The zero-order valence-corrected chi connectivity index (χ0v) is 12.9. The summed E-state index contributed by atoms with van der Waals surface area (Å²) in [5, 5.41) is 3.22. The van der Waals surface area contributed by atoms with E-state index in [1.54, 1.807) is 43.5 Å². The van der Waals surface area contributed by atoms with Crippen LogP contribution in [0.4, 0.5) is 5.00 Å². The van der Waals surface area contributed by atoms with Gasteiger partial charge in [-0.1, -0.05) is 0 Å². The van der Waals surface area contributed by atoms with E-state index in [-0.39, 0.29) is 12.5 Å². The van der Waals surface area contributed by atoms with Crippen molar-refractivity contribution in [2.24, 2.45) is 0 Å². The van der Waals surface area contributed by atoms with E-state index in [0.29, 0.717) is 21.4 Å². The molecule has 0 saturated heterocycles. The fourth-order valence-corrected chi connectivity index (χ4v) is 2.45. The molecular weight excluding hydrogens is 306 g/mol. The third-order valence-electron chi connectivity index (χ3n) is 2.68. The molecule has 116 valence electrons. The molecule has 1 heterocycles. The van der Waals surface area contributed by atoms with E-state index < -0.39 is 5.97 Å². The number of methoxy groups -OCH3 is 2. The lowest BCUT2D eigenvalue weighted by molar-refractivity contribution is -0.118. The molecule has 0 aliphatic heterocycles. The van der Waals surface area contributed by atoms with Crippen LogP contribution in [0, 0.1) is 0 Å². The fraction of sp³-hybridized carbons (Fsp3) is 0.200. The van der Waals surface area contributed by atoms with E-state index in [1.165, 1.54) is 7.11 Å². The summed E-state index contributed by atoms with van der Waals surface area (Å²) in [6.07, 6.45) is 0. The highest BCUT2D eigenvalue weighted by atomic mass is 32.1. The number of rotatable bonds is 6. The minimum atomic E-state index is -0.431. The lowest BCUT2D eigenvalue weighted by atomic mass is 10.3. The Kier molecular flexibility index (Phi) is 5.37. The number of amides is 1. The van der Waals surface area contributed by atoms with Crippen molar-refractivity contribution >= 4 is 28.2 Å². The molecule has 1 aromatic carbocycles. The average Bonchev–Trinajstić information content (AvgIpc) is 3.01. The molecule has 0 aliphatic rings. The van der Waals surface area contributed by atoms with Gasteiger partial charge in [-0.15, -0.1) is 11.3 Å². The summed E-state index contributed by atoms with van der Waals surface area (Å²) >= 11 is 1.14. The van der Waals surface area contributed by atoms with Gasteiger partial charge in [0.25, 0.3) is 5.91 Å². The molecular formula is C15H15NO5S. The van der Waals surface area contributed by atoms with Gasteiger partial charge in [0.1, 0.15) is 16.4 Å². The zero-order valence-electron chi connectivity index (χ0n) is 12.1. The number of carbonyl (C=O) groups is 2. The topological polar surface area (TPSA) is 73.9 Å². The number of benzene rings is 1. The smallest absolute Gasteiger partial charge is 0.348 e. The molecule has 0 saturated carbocycles. The van der Waals surface area contributed by atoms with Crippen LogP contribution < -0.4 is 14.8 Å². The Morgan fingerprint density at radius 2 is 1.73 bits per heavy atom. The number of nitrogens with one attached hydrogen (secondary N) is 1. The van der Waals surface area contributed by atoms with Gasteiger partial charge in [-0.25, -0.2) is 4.79 Å². The highest BCUT2D eigenvalue weighted by Gasteiger charge is 2.11. The number of anilines is 1. The van der Waals surface area contributed by atoms with Crippen LogP contribution in [0.2, 0.25) is 0 Å². The van der Waals surface area contributed by atoms with Gasteiger partial charge in [0.2, 0.25) is 0 Å². The van der Waals surface area contributed by atoms with Crippen molar-refractivity contribution in [3.63, 3.8) is 0 Å². The van der Waals surface area contributed by atoms with Gasteiger partial charge in [-0.3, -0.25) is 4.79 Å². The highest BCUT2D eigenvalue weighted by Crippen LogP contribution is 2.22. The second kappa shape index (κ2) is 7.46. The molecule has 2 aromatic rings. The molecule has 0 aliphatic carbocycles. The third kappa shape index (κ3) is 4.23. The van der Waals surface area contributed by atoms with Gasteiger partial charge >= 0.3 is 5.97 Å². The largest absolute Gasteiger partial charge is 0.497 e. The molecule has 7 heteroatoms. The number of ether oxygens (including phenoxy) is 3. The average molecular weight is 321 g/mol. The first kappa shape index (κ1) is 15.8. The Hall–Kier alpha value is -2.54. The predicted molar refractivity (Wildman–Crippen MR) is 82.8 cm³/mol. The van der Waals surface area contributed by atoms with Crippen LogP contribution in [-0.2, 0) is 9.53 Å². The second-order valence-corrected chi connectivity index (χ2v) is 5.25. The highest BCUT2D eigenvalue weighted by molar-refractivity contribution is 7.18. The van der Waals surface area contributed by atoms with Crippen molar-refractivity contribution in [1.29, 1.82) is 0 Å². The number of thiophene rings is 1. The minimum Gasteiger partial charge on any atom is -0.497 e. The lowest BCUT2D eigenvalue weighted by Gasteiger charge is -2.07. The van der Waals surface area contributed by atoms with Crippen molar-refractivity contribution in [3.05, 3.63) is 41.3 Å². The summed E-state index contributed by atoms with van der Waals surface area (Å²) in [6.45, 7) is -0.127. The van der Waals surface area contributed by atoms with Crippen LogP contribution in [0.15, 0.2) is 36.4 Å². The molecule has 1 amide bonds. The first-order valence-corrected chi connectivity index (χ1v) is 7.19. The maximum absolute atomic E-state index is 11.8. The first-order valence-electron chi connectivity index (χ1n) is 6.37. The number of carbonyl (C=O) groups excluding carboxylic acids is 2. The van der Waals surface area contributed by atoms with Crippen molar-refractivity contribution in [1.82, 2.24) is 0 Å². The number of hydrogen-bond donors (Lipinski definition) is 1. The van der Waals surface area contributed by atoms with Gasteiger partial charge in [-0.2, -0.15) is 0 Å². The Bertz CT molecular complexity index is 650. The second-order valence-electron chi connectivity index (χ2n) is 4.17. The summed E-state index contributed by atoms with van der Waals surface area (Å²) in [4.78, 5) is 23.5. The molecule has 0 bridgehead atoms. The van der Waals surface area contributed by atoms with Gasteiger partial charge in [0.15, 0.2) is 6.61 Å². The van der Waals surface area contributed by atoms with Crippen LogP contribution >= 0.6 is 11.3 Å². The quantitative estimate of drug-likeness (QED) is 0.828. The molecule has 1 N–H and O–H groups in total. The minimum absolute atomic E-state index is 0.127. The molecule has 2 rings (SSSR count). The van der Waals surface area contributed by atoms with E-state index in [9.17, 15) is 9.59 Å². The van der Waals surface area contributed by atoms with Gasteiger partial charge in [0, 0.05) is 0 Å². The van der Waals surface area contributed by atoms with Crippen LogP contribution in [0.5, 0.6) is 11.5 Å². The van der Waals surface area contributed by atoms with E-state index in [2.05, 4.69) is 10.1 Å². The van der Waals surface area contributed by atoms with Crippen LogP contribution in [0.25, 0.3) is 0 Å². The van der Waals surface area contributed by atoms with Crippen LogP contribution in [-0.4, -0.2) is 32.7 Å². The molecule has 1 aromatic heterocycles. The monoisotopic (exact) mass is 321 g/mol. The SMILES string of the molecule is COC(=O)c1ccc(NC(=O)COc2ccc(OC)cc2)s1. The maximum Gasteiger partial charge on any atom is 0.348 e. The molecule has 0 fully saturated rings. The van der Waals surface area contributed by atoms with Gasteiger partial charge in [0.05, 0.1) is 19.2 Å². The predicted octanol–water partition coefficient (Wildman–Crippen LogP) is 2.56. The summed E-state index contributed by atoms with van der Waals surface area (Å²) in [6, 6.07) is 10.2. The van der Waals surface area contributed by atoms with E-state index in [1.807, 2.05) is 0 Å². The molecule has 0 unspecified atom stereocenters. The van der Waals surface area contributed by atoms with Crippen molar-refractivity contribution in [2.75, 3.05) is 26.1 Å². The van der Waals surface area contributed by atoms with Crippen LogP contribution in [0.3, 0.4) is 0 Å². The van der Waals surface area contributed by atoms with Crippen molar-refractivity contribution in [3.8, 4) is 11.5 Å². The summed E-state index contributed by atoms with van der Waals surface area (Å²) < 4.78 is 15.0. The summed E-state index contributed by atoms with van der Waals surface area (Å²) in [7, 11) is 2.88. The van der Waals surface area contributed by atoms with E-state index in [0.717, 1.165) is 11.3 Å². The molecule has 0 spiro atoms. The van der Waals surface area contributed by atoms with E-state index >= 15 is 0 Å². The summed E-state index contributed by atoms with van der Waals surface area (Å²) in [5.41, 5.74) is 0. The number of esters is 1.